The molecule has 0 saturated carbocycles. The Kier molecular flexibility index (Phi) is 2.82. The lowest BCUT2D eigenvalue weighted by molar-refractivity contribution is 0.101. The summed E-state index contributed by atoms with van der Waals surface area (Å²) >= 11 is 0. The molecule has 18 heavy (non-hydrogen) atoms. The molecule has 2 saturated heterocycles. The van der Waals surface area contributed by atoms with E-state index in [1.54, 1.807) is 19.2 Å². The normalized spacial score (nSPS) is 30.6. The number of Topliss-reactive ketones (excluding diaryl/α,β-unsaturated/α-hetero) is 1. The zero-order valence-electron chi connectivity index (χ0n) is 10.5. The molecule has 0 aliphatic carbocycles. The largest absolute Gasteiger partial charge is 0.393 e. The Hall–Kier alpha value is -1.42. The number of piperidine rings is 1. The minimum absolute atomic E-state index is 0.0723. The average molecular weight is 246 g/mol. The number of anilines is 1. The van der Waals surface area contributed by atoms with Crippen LogP contribution in [0.5, 0.6) is 0 Å². The van der Waals surface area contributed by atoms with Crippen LogP contribution in [0.4, 0.5) is 5.82 Å². The molecule has 0 aromatic carbocycles. The molecule has 2 fully saturated rings. The molecule has 4 nitrogen and oxygen atoms in total. The predicted octanol–water partition coefficient (Wildman–Crippen LogP) is 1.78. The maximum atomic E-state index is 11.4. The Bertz CT molecular complexity index is 461. The van der Waals surface area contributed by atoms with E-state index in [1.165, 1.54) is 0 Å². The van der Waals surface area contributed by atoms with E-state index < -0.39 is 0 Å². The van der Waals surface area contributed by atoms with Crippen LogP contribution < -0.4 is 4.90 Å². The van der Waals surface area contributed by atoms with Crippen LogP contribution in [0, 0.1) is 0 Å². The number of hydrogen-bond acceptors (Lipinski definition) is 4. The number of aromatic nitrogens is 1. The summed E-state index contributed by atoms with van der Waals surface area (Å²) < 4.78 is 0. The summed E-state index contributed by atoms with van der Waals surface area (Å²) in [5.41, 5.74) is 0.713. The van der Waals surface area contributed by atoms with Crippen molar-refractivity contribution in [3.05, 3.63) is 23.9 Å². The van der Waals surface area contributed by atoms with Crippen molar-refractivity contribution in [2.75, 3.05) is 4.90 Å². The Morgan fingerprint density at radius 1 is 1.39 bits per heavy atom. The van der Waals surface area contributed by atoms with E-state index in [0.29, 0.717) is 17.6 Å². The van der Waals surface area contributed by atoms with Crippen molar-refractivity contribution in [2.45, 2.75) is 50.8 Å². The molecule has 2 unspecified atom stereocenters. The van der Waals surface area contributed by atoms with E-state index >= 15 is 0 Å². The van der Waals surface area contributed by atoms with Crippen molar-refractivity contribution < 1.29 is 9.90 Å². The van der Waals surface area contributed by atoms with Crippen molar-refractivity contribution in [3.63, 3.8) is 0 Å². The summed E-state index contributed by atoms with van der Waals surface area (Å²) in [6.07, 6.45) is 5.41. The van der Waals surface area contributed by atoms with Crippen LogP contribution in [-0.4, -0.2) is 34.1 Å². The molecule has 1 N–H and O–H groups in total. The standard InChI is InChI=1S/C14H18N2O2/c1-9(17)10-4-5-15-14(6-10)16-11-2-3-12(16)8-13(18)7-11/h4-6,11-13,18H,2-3,7-8H2,1H3. The summed E-state index contributed by atoms with van der Waals surface area (Å²) in [6, 6.07) is 4.40. The lowest BCUT2D eigenvalue weighted by Crippen LogP contribution is -2.45. The lowest BCUT2D eigenvalue weighted by atomic mass is 9.99. The van der Waals surface area contributed by atoms with Crippen LogP contribution >= 0.6 is 0 Å². The molecule has 3 heterocycles. The number of ketones is 1. The third-order valence-electron chi connectivity index (χ3n) is 4.12. The molecule has 2 bridgehead atoms. The number of carbonyl (C=O) groups is 1. The van der Waals surface area contributed by atoms with Crippen molar-refractivity contribution in [2.24, 2.45) is 0 Å². The number of carbonyl (C=O) groups excluding carboxylic acids is 1. The van der Waals surface area contributed by atoms with E-state index in [1.807, 2.05) is 6.07 Å². The highest BCUT2D eigenvalue weighted by molar-refractivity contribution is 5.94. The zero-order valence-corrected chi connectivity index (χ0v) is 10.5. The van der Waals surface area contributed by atoms with E-state index in [2.05, 4.69) is 9.88 Å². The number of nitrogens with zero attached hydrogens (tertiary/aromatic N) is 2. The third kappa shape index (κ3) is 1.90. The predicted molar refractivity (Wildman–Crippen MR) is 68.8 cm³/mol. The lowest BCUT2D eigenvalue weighted by Gasteiger charge is -2.38. The first-order valence-corrected chi connectivity index (χ1v) is 6.58. The molecular formula is C14H18N2O2. The fourth-order valence-electron chi connectivity index (χ4n) is 3.30. The van der Waals surface area contributed by atoms with Gasteiger partial charge in [0.2, 0.25) is 0 Å². The van der Waals surface area contributed by atoms with Gasteiger partial charge >= 0.3 is 0 Å². The number of pyridine rings is 1. The molecule has 3 rings (SSSR count). The molecule has 1 aromatic rings. The molecule has 96 valence electrons. The maximum Gasteiger partial charge on any atom is 0.159 e. The summed E-state index contributed by atoms with van der Waals surface area (Å²) in [6.45, 7) is 1.58. The van der Waals surface area contributed by atoms with Crippen molar-refractivity contribution in [3.8, 4) is 0 Å². The second-order valence-corrected chi connectivity index (χ2v) is 5.38. The first kappa shape index (κ1) is 11.7. The molecule has 4 heteroatoms. The molecular weight excluding hydrogens is 228 g/mol. The van der Waals surface area contributed by atoms with Gasteiger partial charge in [-0.1, -0.05) is 0 Å². The van der Waals surface area contributed by atoms with Crippen LogP contribution in [0.15, 0.2) is 18.3 Å². The van der Waals surface area contributed by atoms with Gasteiger partial charge in [0.25, 0.3) is 0 Å². The number of hydrogen-bond donors (Lipinski definition) is 1. The van der Waals surface area contributed by atoms with Gasteiger partial charge in [0.1, 0.15) is 5.82 Å². The Labute approximate surface area is 107 Å². The zero-order chi connectivity index (χ0) is 12.7. The van der Waals surface area contributed by atoms with Gasteiger partial charge in [0.05, 0.1) is 6.10 Å². The van der Waals surface area contributed by atoms with Gasteiger partial charge in [-0.05, 0) is 44.7 Å². The van der Waals surface area contributed by atoms with Crippen LogP contribution in [0.25, 0.3) is 0 Å². The van der Waals surface area contributed by atoms with Crippen LogP contribution in [0.1, 0.15) is 43.0 Å². The highest BCUT2D eigenvalue weighted by Gasteiger charge is 2.40. The SMILES string of the molecule is CC(=O)c1ccnc(N2C3CCC2CC(O)C3)c1. The van der Waals surface area contributed by atoms with Gasteiger partial charge in [0.15, 0.2) is 5.78 Å². The van der Waals surface area contributed by atoms with Crippen molar-refractivity contribution in [1.82, 2.24) is 4.98 Å². The van der Waals surface area contributed by atoms with Gasteiger partial charge in [-0.15, -0.1) is 0 Å². The number of aliphatic hydroxyl groups is 1. The second kappa shape index (κ2) is 4.35. The highest BCUT2D eigenvalue weighted by atomic mass is 16.3. The molecule has 2 aliphatic heterocycles. The number of rotatable bonds is 2. The highest BCUT2D eigenvalue weighted by Crippen LogP contribution is 2.38. The summed E-state index contributed by atoms with van der Waals surface area (Å²) in [5.74, 6) is 0.963. The Morgan fingerprint density at radius 3 is 2.67 bits per heavy atom. The van der Waals surface area contributed by atoms with Crippen LogP contribution in [0.3, 0.4) is 0 Å². The Balaban J connectivity index is 1.91. The topological polar surface area (TPSA) is 53.4 Å². The van der Waals surface area contributed by atoms with Crippen LogP contribution in [-0.2, 0) is 0 Å². The molecule has 2 atom stereocenters. The summed E-state index contributed by atoms with van der Waals surface area (Å²) in [5, 5.41) is 9.80. The van der Waals surface area contributed by atoms with E-state index in [9.17, 15) is 9.90 Å². The summed E-state index contributed by atoms with van der Waals surface area (Å²) in [7, 11) is 0. The number of fused-ring (bicyclic) bond motifs is 2. The van der Waals surface area contributed by atoms with Gasteiger partial charge in [0, 0.05) is 23.8 Å². The quantitative estimate of drug-likeness (QED) is 0.808. The van der Waals surface area contributed by atoms with E-state index in [4.69, 9.17) is 0 Å². The fourth-order valence-corrected chi connectivity index (χ4v) is 3.30. The molecule has 0 amide bonds. The maximum absolute atomic E-state index is 11.4. The summed E-state index contributed by atoms with van der Waals surface area (Å²) in [4.78, 5) is 18.1. The molecule has 0 radical (unpaired) electrons. The average Bonchev–Trinajstić information content (AvgIpc) is 2.62. The molecule has 0 spiro atoms. The first-order chi connectivity index (χ1) is 8.65. The molecule has 1 aromatic heterocycles. The monoisotopic (exact) mass is 246 g/mol. The van der Waals surface area contributed by atoms with Gasteiger partial charge in [-0.25, -0.2) is 4.98 Å². The third-order valence-corrected chi connectivity index (χ3v) is 4.12. The van der Waals surface area contributed by atoms with Gasteiger partial charge in [-0.3, -0.25) is 4.79 Å². The molecule has 2 aliphatic rings. The Morgan fingerprint density at radius 2 is 2.06 bits per heavy atom. The smallest absolute Gasteiger partial charge is 0.159 e. The van der Waals surface area contributed by atoms with E-state index in [-0.39, 0.29) is 11.9 Å². The second-order valence-electron chi connectivity index (χ2n) is 5.38. The van der Waals surface area contributed by atoms with Crippen molar-refractivity contribution in [1.29, 1.82) is 0 Å². The number of aliphatic hydroxyl groups excluding tert-OH is 1. The van der Waals surface area contributed by atoms with E-state index in [0.717, 1.165) is 31.5 Å². The van der Waals surface area contributed by atoms with Crippen molar-refractivity contribution >= 4 is 11.6 Å². The first-order valence-electron chi connectivity index (χ1n) is 6.58. The van der Waals surface area contributed by atoms with Gasteiger partial charge in [-0.2, -0.15) is 0 Å². The minimum Gasteiger partial charge on any atom is -0.393 e. The van der Waals surface area contributed by atoms with Crippen LogP contribution in [0.2, 0.25) is 0 Å². The minimum atomic E-state index is -0.172. The van der Waals surface area contributed by atoms with Gasteiger partial charge < -0.3 is 10.0 Å². The fraction of sp³-hybridized carbons (Fsp3) is 0.571.